The molecule has 0 saturated carbocycles. The average Bonchev–Trinajstić information content (AvgIpc) is 2.70. The zero-order valence-corrected chi connectivity index (χ0v) is 17.3. The fourth-order valence-corrected chi connectivity index (χ4v) is 2.99. The van der Waals surface area contributed by atoms with Gasteiger partial charge >= 0.3 is 24.0 Å². The molecule has 1 aromatic rings. The van der Waals surface area contributed by atoms with E-state index in [2.05, 4.69) is 5.32 Å². The quantitative estimate of drug-likeness (QED) is 0.453. The van der Waals surface area contributed by atoms with Gasteiger partial charge in [-0.15, -0.1) is 0 Å². The normalized spacial score (nSPS) is 25.1. The molecule has 2 N–H and O–H groups in total. The third kappa shape index (κ3) is 7.54. The van der Waals surface area contributed by atoms with E-state index >= 15 is 0 Å². The molecule has 170 valence electrons. The summed E-state index contributed by atoms with van der Waals surface area (Å²) in [6, 6.07) is 7.62. The summed E-state index contributed by atoms with van der Waals surface area (Å²) in [5, 5.41) is 12.8. The van der Waals surface area contributed by atoms with Gasteiger partial charge in [-0.05, 0) is 5.56 Å². The lowest BCUT2D eigenvalue weighted by molar-refractivity contribution is -0.270. The Bertz CT molecular complexity index is 783. The van der Waals surface area contributed by atoms with E-state index in [1.54, 1.807) is 24.3 Å². The molecule has 0 unspecified atom stereocenters. The monoisotopic (exact) mass is 439 g/mol. The number of carbonyl (C=O) groups excluding carboxylic acids is 4. The maximum Gasteiger partial charge on any atom is 0.407 e. The second-order valence-electron chi connectivity index (χ2n) is 6.75. The lowest BCUT2D eigenvalue weighted by atomic mass is 9.95. The predicted octanol–water partition coefficient (Wildman–Crippen LogP) is 0.425. The SMILES string of the molecule is CC(=O)OC[C@H]1O[C@H](O)[C@H](OC(C)=O)[C@H](NC(=O)OCc2ccccc2)[C@@H]1OC(C)=O. The number of esters is 3. The fourth-order valence-electron chi connectivity index (χ4n) is 2.99. The van der Waals surface area contributed by atoms with Crippen molar-refractivity contribution in [3.05, 3.63) is 35.9 Å². The molecule has 1 heterocycles. The molecule has 1 amide bonds. The van der Waals surface area contributed by atoms with Crippen LogP contribution in [0.1, 0.15) is 26.3 Å². The van der Waals surface area contributed by atoms with E-state index in [4.69, 9.17) is 23.7 Å². The molecule has 0 radical (unpaired) electrons. The summed E-state index contributed by atoms with van der Waals surface area (Å²) < 4.78 is 25.7. The van der Waals surface area contributed by atoms with Gasteiger partial charge in [0.25, 0.3) is 0 Å². The summed E-state index contributed by atoms with van der Waals surface area (Å²) in [4.78, 5) is 46.7. The second-order valence-corrected chi connectivity index (χ2v) is 6.75. The van der Waals surface area contributed by atoms with Crippen LogP contribution in [0.5, 0.6) is 0 Å². The number of amides is 1. The van der Waals surface area contributed by atoms with E-state index in [9.17, 15) is 24.3 Å². The van der Waals surface area contributed by atoms with Gasteiger partial charge in [-0.1, -0.05) is 30.3 Å². The van der Waals surface area contributed by atoms with Gasteiger partial charge in [0, 0.05) is 20.8 Å². The first-order valence-corrected chi connectivity index (χ1v) is 9.46. The van der Waals surface area contributed by atoms with Crippen LogP contribution in [0.4, 0.5) is 4.79 Å². The van der Waals surface area contributed by atoms with E-state index in [0.29, 0.717) is 0 Å². The second kappa shape index (κ2) is 11.3. The van der Waals surface area contributed by atoms with Crippen LogP contribution in [-0.4, -0.2) is 66.4 Å². The van der Waals surface area contributed by atoms with Crippen LogP contribution in [0.15, 0.2) is 30.3 Å². The molecule has 5 atom stereocenters. The van der Waals surface area contributed by atoms with E-state index in [1.165, 1.54) is 6.92 Å². The summed E-state index contributed by atoms with van der Waals surface area (Å²) in [7, 11) is 0. The van der Waals surface area contributed by atoms with Gasteiger partial charge < -0.3 is 34.1 Å². The first-order valence-electron chi connectivity index (χ1n) is 9.46. The highest BCUT2D eigenvalue weighted by atomic mass is 16.7. The first-order chi connectivity index (χ1) is 14.7. The van der Waals surface area contributed by atoms with Gasteiger partial charge in [-0.2, -0.15) is 0 Å². The number of ether oxygens (including phenoxy) is 5. The minimum atomic E-state index is -1.70. The van der Waals surface area contributed by atoms with Crippen LogP contribution < -0.4 is 5.32 Å². The molecule has 31 heavy (non-hydrogen) atoms. The molecule has 11 heteroatoms. The number of benzene rings is 1. The van der Waals surface area contributed by atoms with Crippen LogP contribution in [-0.2, 0) is 44.7 Å². The summed E-state index contributed by atoms with van der Waals surface area (Å²) in [5.74, 6) is -2.13. The molecular formula is C20H25NO10. The zero-order chi connectivity index (χ0) is 23.0. The van der Waals surface area contributed by atoms with Crippen LogP contribution in [0.3, 0.4) is 0 Å². The van der Waals surface area contributed by atoms with E-state index in [1.807, 2.05) is 6.07 Å². The lowest BCUT2D eigenvalue weighted by Gasteiger charge is -2.43. The average molecular weight is 439 g/mol. The molecule has 2 rings (SSSR count). The Kier molecular flexibility index (Phi) is 8.76. The molecule has 1 fully saturated rings. The number of hydrogen-bond donors (Lipinski definition) is 2. The highest BCUT2D eigenvalue weighted by molar-refractivity contribution is 5.70. The van der Waals surface area contributed by atoms with Gasteiger partial charge in [-0.3, -0.25) is 14.4 Å². The van der Waals surface area contributed by atoms with Gasteiger partial charge in [0.1, 0.15) is 25.4 Å². The number of aliphatic hydroxyl groups excluding tert-OH is 1. The summed E-state index contributed by atoms with van der Waals surface area (Å²) in [6.07, 6.45) is -6.43. The van der Waals surface area contributed by atoms with Crippen molar-refractivity contribution in [1.29, 1.82) is 0 Å². The van der Waals surface area contributed by atoms with Crippen molar-refractivity contribution < 1.29 is 48.0 Å². The van der Waals surface area contributed by atoms with Crippen molar-refractivity contribution in [2.75, 3.05) is 6.61 Å². The Labute approximate surface area is 178 Å². The van der Waals surface area contributed by atoms with Gasteiger partial charge in [0.15, 0.2) is 18.5 Å². The Hall–Kier alpha value is -3.18. The van der Waals surface area contributed by atoms with Crippen LogP contribution in [0.25, 0.3) is 0 Å². The Balaban J connectivity index is 2.21. The van der Waals surface area contributed by atoms with Gasteiger partial charge in [-0.25, -0.2) is 4.79 Å². The van der Waals surface area contributed by atoms with Crippen LogP contribution >= 0.6 is 0 Å². The van der Waals surface area contributed by atoms with Gasteiger partial charge in [0.05, 0.1) is 0 Å². The van der Waals surface area contributed by atoms with Crippen molar-refractivity contribution in [3.8, 4) is 0 Å². The van der Waals surface area contributed by atoms with Crippen molar-refractivity contribution in [3.63, 3.8) is 0 Å². The van der Waals surface area contributed by atoms with E-state index in [0.717, 1.165) is 19.4 Å². The molecule has 0 aliphatic carbocycles. The fraction of sp³-hybridized carbons (Fsp3) is 0.500. The molecular weight excluding hydrogens is 414 g/mol. The van der Waals surface area contributed by atoms with Crippen LogP contribution in [0.2, 0.25) is 0 Å². The molecule has 0 spiro atoms. The smallest absolute Gasteiger partial charge is 0.407 e. The molecule has 1 aliphatic heterocycles. The molecule has 1 aromatic carbocycles. The van der Waals surface area contributed by atoms with E-state index < -0.39 is 54.6 Å². The first kappa shape index (κ1) is 24.1. The predicted molar refractivity (Wildman–Crippen MR) is 102 cm³/mol. The third-order valence-electron chi connectivity index (χ3n) is 4.22. The van der Waals surface area contributed by atoms with Crippen LogP contribution in [0, 0.1) is 0 Å². The number of hydrogen-bond acceptors (Lipinski definition) is 10. The standard InChI is InChI=1S/C20H25NO10/c1-11(22)27-10-15-17(29-12(2)23)16(18(19(25)31-15)30-13(3)24)21-20(26)28-9-14-7-5-4-6-8-14/h4-8,15-19,25H,9-10H2,1-3H3,(H,21,26)/t15-,16-,17-,18-,19+/m1/s1. The minimum absolute atomic E-state index is 0.0498. The highest BCUT2D eigenvalue weighted by Gasteiger charge is 2.50. The molecule has 1 aliphatic rings. The molecule has 11 nitrogen and oxygen atoms in total. The summed E-state index contributed by atoms with van der Waals surface area (Å²) in [5.41, 5.74) is 0.727. The Morgan fingerprint density at radius 1 is 0.935 bits per heavy atom. The van der Waals surface area contributed by atoms with Crippen molar-refractivity contribution in [2.24, 2.45) is 0 Å². The largest absolute Gasteiger partial charge is 0.463 e. The van der Waals surface area contributed by atoms with Crippen molar-refractivity contribution in [2.45, 2.75) is 58.0 Å². The number of carbonyl (C=O) groups is 4. The summed E-state index contributed by atoms with van der Waals surface area (Å²) >= 11 is 0. The zero-order valence-electron chi connectivity index (χ0n) is 17.3. The Morgan fingerprint density at radius 2 is 1.55 bits per heavy atom. The molecule has 0 aromatic heterocycles. The maximum atomic E-state index is 12.4. The van der Waals surface area contributed by atoms with Crippen molar-refractivity contribution in [1.82, 2.24) is 5.32 Å². The third-order valence-corrected chi connectivity index (χ3v) is 4.22. The maximum absolute atomic E-state index is 12.4. The lowest BCUT2D eigenvalue weighted by Crippen LogP contribution is -2.66. The topological polar surface area (TPSA) is 147 Å². The van der Waals surface area contributed by atoms with Crippen molar-refractivity contribution >= 4 is 24.0 Å². The number of rotatable bonds is 7. The number of aliphatic hydroxyl groups is 1. The molecule has 1 saturated heterocycles. The number of alkyl carbamates (subject to hydrolysis) is 1. The highest BCUT2D eigenvalue weighted by Crippen LogP contribution is 2.26. The minimum Gasteiger partial charge on any atom is -0.463 e. The number of nitrogens with one attached hydrogen (secondary N) is 1. The van der Waals surface area contributed by atoms with E-state index in [-0.39, 0.29) is 13.2 Å². The van der Waals surface area contributed by atoms with Gasteiger partial charge in [0.2, 0.25) is 0 Å². The molecule has 0 bridgehead atoms. The Morgan fingerprint density at radius 3 is 2.13 bits per heavy atom. The summed E-state index contributed by atoms with van der Waals surface area (Å²) in [6.45, 7) is 2.96.